The molecule has 0 saturated heterocycles. The third-order valence-electron chi connectivity index (χ3n) is 3.93. The molecule has 0 saturated carbocycles. The zero-order valence-electron chi connectivity index (χ0n) is 14.1. The molecule has 4 heteroatoms. The van der Waals surface area contributed by atoms with Gasteiger partial charge in [-0.3, -0.25) is 4.79 Å². The normalized spacial score (nSPS) is 10.7. The number of carbonyl (C=O) groups is 1. The van der Waals surface area contributed by atoms with Gasteiger partial charge < -0.3 is 5.32 Å². The Balaban J connectivity index is 1.90. The molecule has 0 aliphatic carbocycles. The SMILES string of the molecule is CCCCCCCNc1ncc(C(=O)c2ccccc2CC)s1. The molecule has 2 aromatic rings. The van der Waals surface area contributed by atoms with Gasteiger partial charge >= 0.3 is 0 Å². The molecule has 0 fully saturated rings. The molecule has 124 valence electrons. The van der Waals surface area contributed by atoms with Crippen molar-refractivity contribution in [3.05, 3.63) is 46.5 Å². The summed E-state index contributed by atoms with van der Waals surface area (Å²) < 4.78 is 0. The van der Waals surface area contributed by atoms with Crippen LogP contribution in [0.1, 0.15) is 66.8 Å². The highest BCUT2D eigenvalue weighted by molar-refractivity contribution is 7.17. The Morgan fingerprint density at radius 1 is 1.13 bits per heavy atom. The van der Waals surface area contributed by atoms with Gasteiger partial charge in [0, 0.05) is 12.1 Å². The minimum Gasteiger partial charge on any atom is -0.362 e. The van der Waals surface area contributed by atoms with E-state index in [1.165, 1.54) is 37.0 Å². The van der Waals surface area contributed by atoms with Gasteiger partial charge in [-0.25, -0.2) is 4.98 Å². The molecule has 0 spiro atoms. The Bertz CT molecular complexity index is 621. The summed E-state index contributed by atoms with van der Waals surface area (Å²) in [6, 6.07) is 7.82. The summed E-state index contributed by atoms with van der Waals surface area (Å²) in [4.78, 5) is 17.7. The zero-order chi connectivity index (χ0) is 16.5. The Morgan fingerprint density at radius 3 is 2.70 bits per heavy atom. The van der Waals surface area contributed by atoms with Gasteiger partial charge in [-0.05, 0) is 18.4 Å². The number of nitrogens with one attached hydrogen (secondary N) is 1. The first kappa shape index (κ1) is 17.7. The van der Waals surface area contributed by atoms with Crippen molar-refractivity contribution < 1.29 is 4.79 Å². The van der Waals surface area contributed by atoms with Gasteiger partial charge in [-0.1, -0.05) is 75.1 Å². The maximum absolute atomic E-state index is 12.6. The highest BCUT2D eigenvalue weighted by Crippen LogP contribution is 2.23. The second-order valence-electron chi connectivity index (χ2n) is 5.71. The van der Waals surface area contributed by atoms with Crippen molar-refractivity contribution in [3.63, 3.8) is 0 Å². The molecule has 1 heterocycles. The monoisotopic (exact) mass is 330 g/mol. The lowest BCUT2D eigenvalue weighted by Gasteiger charge is -2.04. The Morgan fingerprint density at radius 2 is 1.91 bits per heavy atom. The Hall–Kier alpha value is -1.68. The van der Waals surface area contributed by atoms with E-state index in [1.807, 2.05) is 24.3 Å². The lowest BCUT2D eigenvalue weighted by molar-refractivity contribution is 0.104. The topological polar surface area (TPSA) is 42.0 Å². The maximum Gasteiger partial charge on any atom is 0.204 e. The Labute approximate surface area is 143 Å². The molecule has 2 rings (SSSR count). The summed E-state index contributed by atoms with van der Waals surface area (Å²) in [7, 11) is 0. The number of hydrogen-bond donors (Lipinski definition) is 1. The summed E-state index contributed by atoms with van der Waals surface area (Å²) in [5.74, 6) is 0.0796. The van der Waals surface area contributed by atoms with Crippen LogP contribution in [-0.2, 0) is 6.42 Å². The number of anilines is 1. The molecule has 0 aliphatic rings. The van der Waals surface area contributed by atoms with Crippen LogP contribution in [0.4, 0.5) is 5.13 Å². The van der Waals surface area contributed by atoms with E-state index in [0.717, 1.165) is 35.6 Å². The predicted octanol–water partition coefficient (Wildman–Crippen LogP) is 5.32. The van der Waals surface area contributed by atoms with Crippen molar-refractivity contribution in [3.8, 4) is 0 Å². The van der Waals surface area contributed by atoms with Crippen LogP contribution in [-0.4, -0.2) is 17.3 Å². The largest absolute Gasteiger partial charge is 0.362 e. The van der Waals surface area contributed by atoms with E-state index in [0.29, 0.717) is 4.88 Å². The van der Waals surface area contributed by atoms with Gasteiger partial charge in [0.25, 0.3) is 0 Å². The average molecular weight is 330 g/mol. The van der Waals surface area contributed by atoms with E-state index < -0.39 is 0 Å². The Kier molecular flexibility index (Phi) is 7.27. The van der Waals surface area contributed by atoms with Crippen LogP contribution in [0, 0.1) is 0 Å². The van der Waals surface area contributed by atoms with Crippen molar-refractivity contribution in [2.75, 3.05) is 11.9 Å². The molecule has 0 bridgehead atoms. The molecule has 0 unspecified atom stereocenters. The number of unbranched alkanes of at least 4 members (excludes halogenated alkanes) is 4. The quantitative estimate of drug-likeness (QED) is 0.473. The third kappa shape index (κ3) is 5.17. The first-order valence-electron chi connectivity index (χ1n) is 8.58. The fourth-order valence-electron chi connectivity index (χ4n) is 2.57. The van der Waals surface area contributed by atoms with E-state index in [1.54, 1.807) is 6.20 Å². The van der Waals surface area contributed by atoms with E-state index >= 15 is 0 Å². The second-order valence-corrected chi connectivity index (χ2v) is 6.74. The molecule has 23 heavy (non-hydrogen) atoms. The number of rotatable bonds is 10. The molecular formula is C19H26N2OS. The first-order chi connectivity index (χ1) is 11.3. The van der Waals surface area contributed by atoms with Gasteiger partial charge in [0.15, 0.2) is 5.13 Å². The summed E-state index contributed by atoms with van der Waals surface area (Å²) in [6.07, 6.45) is 8.84. The number of thiazole rings is 1. The minimum absolute atomic E-state index is 0.0796. The molecular weight excluding hydrogens is 304 g/mol. The molecule has 0 aliphatic heterocycles. The predicted molar refractivity (Wildman–Crippen MR) is 98.6 cm³/mol. The fraction of sp³-hybridized carbons (Fsp3) is 0.474. The summed E-state index contributed by atoms with van der Waals surface area (Å²) in [6.45, 7) is 5.23. The maximum atomic E-state index is 12.6. The molecule has 0 radical (unpaired) electrons. The van der Waals surface area contributed by atoms with E-state index in [9.17, 15) is 4.79 Å². The smallest absolute Gasteiger partial charge is 0.204 e. The summed E-state index contributed by atoms with van der Waals surface area (Å²) in [5, 5.41) is 4.18. The molecule has 0 atom stereocenters. The van der Waals surface area contributed by atoms with E-state index in [4.69, 9.17) is 0 Å². The van der Waals surface area contributed by atoms with Gasteiger partial charge in [0.05, 0.1) is 11.1 Å². The fourth-order valence-corrected chi connectivity index (χ4v) is 3.36. The number of ketones is 1. The highest BCUT2D eigenvalue weighted by Gasteiger charge is 2.15. The number of aromatic nitrogens is 1. The van der Waals surface area contributed by atoms with Gasteiger partial charge in [-0.2, -0.15) is 0 Å². The van der Waals surface area contributed by atoms with Crippen LogP contribution in [0.5, 0.6) is 0 Å². The number of benzene rings is 1. The lowest BCUT2D eigenvalue weighted by atomic mass is 10.0. The van der Waals surface area contributed by atoms with Gasteiger partial charge in [0.2, 0.25) is 5.78 Å². The van der Waals surface area contributed by atoms with Crippen molar-refractivity contribution in [1.82, 2.24) is 4.98 Å². The van der Waals surface area contributed by atoms with Crippen LogP contribution < -0.4 is 5.32 Å². The van der Waals surface area contributed by atoms with E-state index in [2.05, 4.69) is 24.1 Å². The van der Waals surface area contributed by atoms with E-state index in [-0.39, 0.29) is 5.78 Å². The molecule has 0 amide bonds. The van der Waals surface area contributed by atoms with Crippen LogP contribution in [0.15, 0.2) is 30.5 Å². The van der Waals surface area contributed by atoms with Crippen LogP contribution in [0.25, 0.3) is 0 Å². The van der Waals surface area contributed by atoms with Crippen molar-refractivity contribution >= 4 is 22.3 Å². The van der Waals surface area contributed by atoms with Gasteiger partial charge in [0.1, 0.15) is 0 Å². The number of nitrogens with zero attached hydrogens (tertiary/aromatic N) is 1. The standard InChI is InChI=1S/C19H26N2OS/c1-3-5-6-7-10-13-20-19-21-14-17(23-19)18(22)16-12-9-8-11-15(16)4-2/h8-9,11-12,14H,3-7,10,13H2,1-2H3,(H,20,21). The number of aryl methyl sites for hydroxylation is 1. The third-order valence-corrected chi connectivity index (χ3v) is 4.88. The van der Waals surface area contributed by atoms with Crippen LogP contribution in [0.2, 0.25) is 0 Å². The van der Waals surface area contributed by atoms with Gasteiger partial charge in [-0.15, -0.1) is 0 Å². The minimum atomic E-state index is 0.0796. The first-order valence-corrected chi connectivity index (χ1v) is 9.40. The number of hydrogen-bond acceptors (Lipinski definition) is 4. The lowest BCUT2D eigenvalue weighted by Crippen LogP contribution is -2.03. The van der Waals surface area contributed by atoms with Crippen LogP contribution in [0.3, 0.4) is 0 Å². The molecule has 1 aromatic heterocycles. The summed E-state index contributed by atoms with van der Waals surface area (Å²) >= 11 is 1.45. The summed E-state index contributed by atoms with van der Waals surface area (Å²) in [5.41, 5.74) is 1.89. The molecule has 1 aromatic carbocycles. The van der Waals surface area contributed by atoms with Crippen molar-refractivity contribution in [2.24, 2.45) is 0 Å². The van der Waals surface area contributed by atoms with Crippen LogP contribution >= 0.6 is 11.3 Å². The second kappa shape index (κ2) is 9.46. The average Bonchev–Trinajstić information content (AvgIpc) is 3.06. The molecule has 1 N–H and O–H groups in total. The van der Waals surface area contributed by atoms with Crippen molar-refractivity contribution in [2.45, 2.75) is 52.4 Å². The molecule has 3 nitrogen and oxygen atoms in total. The highest BCUT2D eigenvalue weighted by atomic mass is 32.1. The zero-order valence-corrected chi connectivity index (χ0v) is 14.9. The van der Waals surface area contributed by atoms with Crippen molar-refractivity contribution in [1.29, 1.82) is 0 Å². The number of carbonyl (C=O) groups excluding carboxylic acids is 1.